The van der Waals surface area contributed by atoms with Gasteiger partial charge < -0.3 is 5.32 Å². The fourth-order valence-electron chi connectivity index (χ4n) is 2.79. The van der Waals surface area contributed by atoms with E-state index in [-0.39, 0.29) is 24.8 Å². The monoisotopic (exact) mass is 416 g/mol. The average Bonchev–Trinajstić information content (AvgIpc) is 2.44. The molecule has 0 aromatic heterocycles. The molecule has 1 unspecified atom stereocenters. The maximum atomic E-state index is 6.45. The second kappa shape index (κ2) is 10.3. The van der Waals surface area contributed by atoms with Gasteiger partial charge in [-0.1, -0.05) is 47.8 Å². The van der Waals surface area contributed by atoms with Gasteiger partial charge in [0.2, 0.25) is 0 Å². The number of piperazine rings is 1. The Bertz CT molecular complexity index is 425. The first-order chi connectivity index (χ1) is 9.13. The number of hydrogen-bond acceptors (Lipinski definition) is 2. The van der Waals surface area contributed by atoms with Gasteiger partial charge in [0.15, 0.2) is 0 Å². The first kappa shape index (κ1) is 21.5. The van der Waals surface area contributed by atoms with E-state index in [4.69, 9.17) is 11.6 Å². The molecule has 0 saturated carbocycles. The van der Waals surface area contributed by atoms with Crippen LogP contribution in [0.4, 0.5) is 0 Å². The fourth-order valence-corrected chi connectivity index (χ4v) is 3.40. The number of benzene rings is 1. The van der Waals surface area contributed by atoms with E-state index >= 15 is 0 Å². The van der Waals surface area contributed by atoms with E-state index in [0.717, 1.165) is 42.1 Å². The third kappa shape index (κ3) is 5.56. The molecule has 21 heavy (non-hydrogen) atoms. The van der Waals surface area contributed by atoms with E-state index in [9.17, 15) is 0 Å². The van der Waals surface area contributed by atoms with Crippen LogP contribution in [0.15, 0.2) is 22.7 Å². The van der Waals surface area contributed by atoms with E-state index in [0.29, 0.717) is 12.0 Å². The molecule has 0 amide bonds. The summed E-state index contributed by atoms with van der Waals surface area (Å²) in [4.78, 5) is 2.57. The second-order valence-electron chi connectivity index (χ2n) is 5.28. The molecule has 1 aromatic rings. The van der Waals surface area contributed by atoms with Gasteiger partial charge in [-0.2, -0.15) is 0 Å². The summed E-state index contributed by atoms with van der Waals surface area (Å²) in [5, 5.41) is 4.30. The molecule has 1 fully saturated rings. The largest absolute Gasteiger partial charge is 0.314 e. The van der Waals surface area contributed by atoms with Crippen LogP contribution in [0.1, 0.15) is 31.9 Å². The summed E-state index contributed by atoms with van der Waals surface area (Å²) in [6.07, 6.45) is 1.16. The minimum Gasteiger partial charge on any atom is -0.314 e. The van der Waals surface area contributed by atoms with E-state index in [1.165, 1.54) is 5.56 Å². The summed E-state index contributed by atoms with van der Waals surface area (Å²) < 4.78 is 1.11. The Kier molecular flexibility index (Phi) is 10.5. The maximum Gasteiger partial charge on any atom is 0.0454 e. The second-order valence-corrected chi connectivity index (χ2v) is 6.61. The van der Waals surface area contributed by atoms with E-state index in [1.807, 2.05) is 12.1 Å². The van der Waals surface area contributed by atoms with E-state index in [2.05, 4.69) is 46.1 Å². The molecule has 0 radical (unpaired) electrons. The lowest BCUT2D eigenvalue weighted by molar-refractivity contribution is 0.128. The van der Waals surface area contributed by atoms with Crippen LogP contribution in [-0.2, 0) is 0 Å². The third-order valence-electron chi connectivity index (χ3n) is 4.00. The normalized spacial score (nSPS) is 18.3. The molecule has 1 aromatic carbocycles. The molecular weight excluding hydrogens is 394 g/mol. The lowest BCUT2D eigenvalue weighted by atomic mass is 9.90. The van der Waals surface area contributed by atoms with Crippen molar-refractivity contribution in [2.45, 2.75) is 26.3 Å². The van der Waals surface area contributed by atoms with Crippen molar-refractivity contribution in [3.63, 3.8) is 0 Å². The summed E-state index contributed by atoms with van der Waals surface area (Å²) in [6, 6.07) is 6.61. The van der Waals surface area contributed by atoms with Crippen molar-refractivity contribution in [3.8, 4) is 0 Å². The Balaban J connectivity index is 0.00000200. The zero-order valence-corrected chi connectivity index (χ0v) is 16.4. The molecular formula is C15H24BrCl3N2. The highest BCUT2D eigenvalue weighted by atomic mass is 79.9. The lowest BCUT2D eigenvalue weighted by Gasteiger charge is -2.39. The minimum absolute atomic E-state index is 0. The lowest BCUT2D eigenvalue weighted by Crippen LogP contribution is -2.46. The van der Waals surface area contributed by atoms with Crippen molar-refractivity contribution in [2.75, 3.05) is 26.2 Å². The van der Waals surface area contributed by atoms with Crippen LogP contribution >= 0.6 is 52.3 Å². The van der Waals surface area contributed by atoms with Gasteiger partial charge in [-0.25, -0.2) is 0 Å². The fraction of sp³-hybridized carbons (Fsp3) is 0.600. The van der Waals surface area contributed by atoms with Crippen molar-refractivity contribution < 1.29 is 0 Å². The smallest absolute Gasteiger partial charge is 0.0454 e. The first-order valence-corrected chi connectivity index (χ1v) is 8.20. The van der Waals surface area contributed by atoms with Gasteiger partial charge in [-0.3, -0.25) is 4.90 Å². The summed E-state index contributed by atoms with van der Waals surface area (Å²) >= 11 is 10.0. The number of rotatable bonds is 4. The van der Waals surface area contributed by atoms with Crippen molar-refractivity contribution in [3.05, 3.63) is 33.3 Å². The van der Waals surface area contributed by atoms with Crippen molar-refractivity contribution in [2.24, 2.45) is 5.92 Å². The number of nitrogens with one attached hydrogen (secondary N) is 1. The topological polar surface area (TPSA) is 15.3 Å². The van der Waals surface area contributed by atoms with Crippen molar-refractivity contribution in [1.82, 2.24) is 10.2 Å². The van der Waals surface area contributed by atoms with Gasteiger partial charge in [0, 0.05) is 41.7 Å². The number of hydrogen-bond donors (Lipinski definition) is 1. The molecule has 1 aliphatic heterocycles. The van der Waals surface area contributed by atoms with E-state index in [1.54, 1.807) is 0 Å². The minimum atomic E-state index is 0. The SMILES string of the molecule is CCC(C)[C@H](c1cc(Br)ccc1Cl)N1CCNCC1.Cl.Cl. The third-order valence-corrected chi connectivity index (χ3v) is 4.84. The molecule has 0 spiro atoms. The highest BCUT2D eigenvalue weighted by Crippen LogP contribution is 2.36. The van der Waals surface area contributed by atoms with Gasteiger partial charge in [-0.05, 0) is 29.7 Å². The Morgan fingerprint density at radius 3 is 2.48 bits per heavy atom. The van der Waals surface area contributed by atoms with Gasteiger partial charge in [0.25, 0.3) is 0 Å². The molecule has 2 rings (SSSR count). The van der Waals surface area contributed by atoms with Gasteiger partial charge >= 0.3 is 0 Å². The molecule has 1 saturated heterocycles. The molecule has 0 bridgehead atoms. The molecule has 0 aliphatic carbocycles. The quantitative estimate of drug-likeness (QED) is 0.745. The van der Waals surface area contributed by atoms with Crippen LogP contribution < -0.4 is 5.32 Å². The Morgan fingerprint density at radius 2 is 1.90 bits per heavy atom. The zero-order chi connectivity index (χ0) is 13.8. The zero-order valence-electron chi connectivity index (χ0n) is 12.4. The van der Waals surface area contributed by atoms with Crippen LogP contribution in [-0.4, -0.2) is 31.1 Å². The summed E-state index contributed by atoms with van der Waals surface area (Å²) in [5.74, 6) is 0.602. The average molecular weight is 419 g/mol. The van der Waals surface area contributed by atoms with Crippen LogP contribution in [0.5, 0.6) is 0 Å². The van der Waals surface area contributed by atoms with Gasteiger partial charge in [-0.15, -0.1) is 24.8 Å². The molecule has 6 heteroatoms. The van der Waals surface area contributed by atoms with Crippen LogP contribution in [0.2, 0.25) is 5.02 Å². The molecule has 1 aliphatic rings. The van der Waals surface area contributed by atoms with Crippen molar-refractivity contribution in [1.29, 1.82) is 0 Å². The Labute approximate surface area is 153 Å². The number of nitrogens with zero attached hydrogens (tertiary/aromatic N) is 1. The van der Waals surface area contributed by atoms with E-state index < -0.39 is 0 Å². The molecule has 122 valence electrons. The predicted molar refractivity (Wildman–Crippen MR) is 100 cm³/mol. The van der Waals surface area contributed by atoms with Gasteiger partial charge in [0.05, 0.1) is 0 Å². The highest BCUT2D eigenvalue weighted by Gasteiger charge is 2.28. The Hall–Kier alpha value is 0.490. The predicted octanol–water partition coefficient (Wildman–Crippen LogP) is 4.94. The van der Waals surface area contributed by atoms with Crippen LogP contribution in [0.3, 0.4) is 0 Å². The molecule has 2 nitrogen and oxygen atoms in total. The molecule has 2 atom stereocenters. The first-order valence-electron chi connectivity index (χ1n) is 7.03. The number of halogens is 4. The maximum absolute atomic E-state index is 6.45. The summed E-state index contributed by atoms with van der Waals surface area (Å²) in [5.41, 5.74) is 1.26. The molecule has 1 heterocycles. The summed E-state index contributed by atoms with van der Waals surface area (Å²) in [7, 11) is 0. The van der Waals surface area contributed by atoms with Crippen LogP contribution in [0, 0.1) is 5.92 Å². The van der Waals surface area contributed by atoms with Crippen molar-refractivity contribution >= 4 is 52.3 Å². The summed E-state index contributed by atoms with van der Waals surface area (Å²) in [6.45, 7) is 8.91. The van der Waals surface area contributed by atoms with Crippen LogP contribution in [0.25, 0.3) is 0 Å². The highest BCUT2D eigenvalue weighted by molar-refractivity contribution is 9.10. The molecule has 1 N–H and O–H groups in total. The Morgan fingerprint density at radius 1 is 1.29 bits per heavy atom. The van der Waals surface area contributed by atoms with Gasteiger partial charge in [0.1, 0.15) is 0 Å². The standard InChI is InChI=1S/C15H22BrClN2.2ClH/c1-3-11(2)15(19-8-6-18-7-9-19)13-10-12(16)4-5-14(13)17;;/h4-5,10-11,15,18H,3,6-9H2,1-2H3;2*1H/t11?,15-;;/m1../s1.